The Morgan fingerprint density at radius 3 is 1.44 bits per heavy atom. The van der Waals surface area contributed by atoms with E-state index >= 15 is 0 Å². The predicted octanol–water partition coefficient (Wildman–Crippen LogP) is 7.32. The molecule has 0 radical (unpaired) electrons. The van der Waals surface area contributed by atoms with E-state index < -0.39 is 38.7 Å². The first-order valence-electron chi connectivity index (χ1n) is 17.8. The molecular weight excluding hydrogens is 667 g/mol. The summed E-state index contributed by atoms with van der Waals surface area (Å²) in [6.07, 6.45) is -1.36. The Balaban J connectivity index is 1.41. The van der Waals surface area contributed by atoms with Gasteiger partial charge in [-0.25, -0.2) is 4.79 Å². The maximum absolute atomic E-state index is 14.3. The molecular formula is C44H47NO6Si. The first-order valence-corrected chi connectivity index (χ1v) is 19.7. The monoisotopic (exact) mass is 713 g/mol. The lowest BCUT2D eigenvalue weighted by Gasteiger charge is -2.44. The summed E-state index contributed by atoms with van der Waals surface area (Å²) >= 11 is 0. The molecule has 52 heavy (non-hydrogen) atoms. The number of nitrogens with zero attached hydrogens (tertiary/aromatic N) is 1. The fourth-order valence-electron chi connectivity index (χ4n) is 7.22. The maximum atomic E-state index is 14.3. The minimum absolute atomic E-state index is 0.0507. The molecule has 1 amide bonds. The summed E-state index contributed by atoms with van der Waals surface area (Å²) < 4.78 is 26.7. The van der Waals surface area contributed by atoms with Crippen molar-refractivity contribution in [2.24, 2.45) is 0 Å². The molecule has 0 N–H and O–H groups in total. The molecule has 0 saturated carbocycles. The summed E-state index contributed by atoms with van der Waals surface area (Å²) in [5.41, 5.74) is 2.74. The Morgan fingerprint density at radius 1 is 0.615 bits per heavy atom. The van der Waals surface area contributed by atoms with Gasteiger partial charge in [0.15, 0.2) is 0 Å². The summed E-state index contributed by atoms with van der Waals surface area (Å²) in [6, 6.07) is 48.2. The molecule has 8 heteroatoms. The molecule has 5 aromatic carbocycles. The number of ether oxygens (including phenoxy) is 3. The van der Waals surface area contributed by atoms with Gasteiger partial charge in [-0.05, 0) is 32.1 Å². The van der Waals surface area contributed by atoms with Crippen molar-refractivity contribution in [3.63, 3.8) is 0 Å². The number of rotatable bonds is 14. The van der Waals surface area contributed by atoms with E-state index in [4.69, 9.17) is 18.6 Å². The van der Waals surface area contributed by atoms with Crippen LogP contribution in [0, 0.1) is 0 Å². The average Bonchev–Trinajstić information content (AvgIpc) is 3.49. The third kappa shape index (κ3) is 8.27. The molecule has 6 rings (SSSR count). The van der Waals surface area contributed by atoms with Crippen molar-refractivity contribution in [1.29, 1.82) is 0 Å². The van der Waals surface area contributed by atoms with Crippen molar-refractivity contribution in [2.45, 2.75) is 69.9 Å². The minimum Gasteiger partial charge on any atom is -0.445 e. The largest absolute Gasteiger partial charge is 0.445 e. The molecule has 5 aromatic rings. The fourth-order valence-corrected chi connectivity index (χ4v) is 11.8. The van der Waals surface area contributed by atoms with E-state index in [0.29, 0.717) is 0 Å². The third-order valence-corrected chi connectivity index (χ3v) is 14.7. The van der Waals surface area contributed by atoms with E-state index in [9.17, 15) is 9.59 Å². The molecule has 1 aliphatic rings. The van der Waals surface area contributed by atoms with Gasteiger partial charge in [0.05, 0.1) is 25.9 Å². The van der Waals surface area contributed by atoms with Crippen LogP contribution < -0.4 is 10.4 Å². The standard InChI is InChI=1S/C44H47NO6Si/c1-44(2,3)52(37-25-15-7-16-26-37,38-27-17-8-18-28-38)51-33-40-42(49-31-35-21-11-5-12-22-35)41(48-30-34-19-9-4-10-20-34)39(29-46)45(40)43(47)50-32-36-23-13-6-14-24-36/h4-29,39-42H,30-33H2,1-3H3/t39-,40-,41-,42+/m1/s1. The molecule has 1 saturated heterocycles. The van der Waals surface area contributed by atoms with Crippen LogP contribution in [0.4, 0.5) is 4.79 Å². The second-order valence-corrected chi connectivity index (χ2v) is 18.4. The number of hydrogen-bond donors (Lipinski definition) is 0. The highest BCUT2D eigenvalue weighted by Gasteiger charge is 2.56. The molecule has 0 aliphatic carbocycles. The maximum Gasteiger partial charge on any atom is 0.411 e. The lowest BCUT2D eigenvalue weighted by Crippen LogP contribution is -2.67. The van der Waals surface area contributed by atoms with Gasteiger partial charge < -0.3 is 23.4 Å². The third-order valence-electron chi connectivity index (χ3n) is 9.73. The molecule has 0 unspecified atom stereocenters. The number of carbonyl (C=O) groups is 2. The van der Waals surface area contributed by atoms with Gasteiger partial charge >= 0.3 is 6.09 Å². The van der Waals surface area contributed by atoms with Gasteiger partial charge in [0, 0.05) is 0 Å². The Morgan fingerprint density at radius 2 is 1.02 bits per heavy atom. The first-order chi connectivity index (χ1) is 25.3. The number of hydrogen-bond acceptors (Lipinski definition) is 6. The van der Waals surface area contributed by atoms with Crippen LogP contribution in [-0.4, -0.2) is 56.5 Å². The zero-order valence-electron chi connectivity index (χ0n) is 30.0. The lowest BCUT2D eigenvalue weighted by molar-refractivity contribution is -0.118. The lowest BCUT2D eigenvalue weighted by atomic mass is 10.1. The van der Waals surface area contributed by atoms with Gasteiger partial charge in [-0.1, -0.05) is 172 Å². The summed E-state index contributed by atoms with van der Waals surface area (Å²) in [5.74, 6) is 0. The van der Waals surface area contributed by atoms with Crippen molar-refractivity contribution in [1.82, 2.24) is 4.90 Å². The highest BCUT2D eigenvalue weighted by atomic mass is 28.4. The molecule has 7 nitrogen and oxygen atoms in total. The number of likely N-dealkylation sites (tertiary alicyclic amines) is 1. The topological polar surface area (TPSA) is 74.3 Å². The van der Waals surface area contributed by atoms with Crippen molar-refractivity contribution in [2.75, 3.05) is 6.61 Å². The van der Waals surface area contributed by atoms with E-state index in [1.54, 1.807) is 0 Å². The zero-order chi connectivity index (χ0) is 36.4. The summed E-state index contributed by atoms with van der Waals surface area (Å²) in [6.45, 7) is 7.26. The smallest absolute Gasteiger partial charge is 0.411 e. The molecule has 0 bridgehead atoms. The van der Waals surface area contributed by atoms with E-state index in [1.165, 1.54) is 4.90 Å². The fraction of sp³-hybridized carbons (Fsp3) is 0.273. The van der Waals surface area contributed by atoms with Crippen LogP contribution in [0.3, 0.4) is 0 Å². The van der Waals surface area contributed by atoms with Gasteiger partial charge in [0.2, 0.25) is 0 Å². The molecule has 268 valence electrons. The molecule has 1 aliphatic heterocycles. The van der Waals surface area contributed by atoms with E-state index in [2.05, 4.69) is 45.0 Å². The normalized spacial score (nSPS) is 18.9. The molecule has 1 fully saturated rings. The van der Waals surface area contributed by atoms with Crippen LogP contribution in [-0.2, 0) is 43.3 Å². The zero-order valence-corrected chi connectivity index (χ0v) is 31.0. The van der Waals surface area contributed by atoms with Gasteiger partial charge in [-0.2, -0.15) is 0 Å². The molecule has 4 atom stereocenters. The van der Waals surface area contributed by atoms with Crippen LogP contribution in [0.25, 0.3) is 0 Å². The first kappa shape index (κ1) is 36.9. The van der Waals surface area contributed by atoms with Crippen molar-refractivity contribution < 1.29 is 28.2 Å². The molecule has 0 spiro atoms. The quantitative estimate of drug-likeness (QED) is 0.0888. The number of amides is 1. The van der Waals surface area contributed by atoms with Crippen LogP contribution in [0.15, 0.2) is 152 Å². The Kier molecular flexibility index (Phi) is 12.1. The number of carbonyl (C=O) groups excluding carboxylic acids is 2. The average molecular weight is 714 g/mol. The van der Waals surface area contributed by atoms with Crippen molar-refractivity contribution in [3.8, 4) is 0 Å². The van der Waals surface area contributed by atoms with E-state index in [1.807, 2.05) is 127 Å². The van der Waals surface area contributed by atoms with Crippen LogP contribution in [0.1, 0.15) is 37.5 Å². The molecule has 0 aromatic heterocycles. The van der Waals surface area contributed by atoms with Gasteiger partial charge in [-0.3, -0.25) is 4.90 Å². The van der Waals surface area contributed by atoms with Gasteiger partial charge in [0.1, 0.15) is 31.1 Å². The highest BCUT2D eigenvalue weighted by molar-refractivity contribution is 6.99. The Labute approximate surface area is 308 Å². The van der Waals surface area contributed by atoms with Crippen LogP contribution in [0.2, 0.25) is 5.04 Å². The Hall–Kier alpha value is -4.86. The van der Waals surface area contributed by atoms with Crippen molar-refractivity contribution >= 4 is 31.1 Å². The second-order valence-electron chi connectivity index (χ2n) is 14.1. The SMILES string of the molecule is CC(C)(C)[Si](OC[C@@H]1[C@H](OCc2ccccc2)[C@H](OCc2ccccc2)[C@@H](C=O)N1C(=O)OCc1ccccc1)(c1ccccc1)c1ccccc1. The van der Waals surface area contributed by atoms with Crippen molar-refractivity contribution in [3.05, 3.63) is 168 Å². The number of aldehydes is 1. The van der Waals surface area contributed by atoms with Gasteiger partial charge in [-0.15, -0.1) is 0 Å². The van der Waals surface area contributed by atoms with Crippen LogP contribution >= 0.6 is 0 Å². The van der Waals surface area contributed by atoms with E-state index in [-0.39, 0.29) is 31.5 Å². The summed E-state index contributed by atoms with van der Waals surface area (Å²) in [7, 11) is -3.06. The highest BCUT2D eigenvalue weighted by Crippen LogP contribution is 2.39. The van der Waals surface area contributed by atoms with Gasteiger partial charge in [0.25, 0.3) is 8.32 Å². The second kappa shape index (κ2) is 17.1. The summed E-state index contributed by atoms with van der Waals surface area (Å²) in [5, 5.41) is 1.90. The molecule has 1 heterocycles. The number of benzene rings is 5. The van der Waals surface area contributed by atoms with E-state index in [0.717, 1.165) is 33.3 Å². The van der Waals surface area contributed by atoms with Crippen LogP contribution in [0.5, 0.6) is 0 Å². The minimum atomic E-state index is -3.06. The Bertz CT molecular complexity index is 1800. The predicted molar refractivity (Wildman–Crippen MR) is 206 cm³/mol. The summed E-state index contributed by atoms with van der Waals surface area (Å²) in [4.78, 5) is 29.0.